The van der Waals surface area contributed by atoms with Crippen LogP contribution in [-0.2, 0) is 10.3 Å². The maximum Gasteiger partial charge on any atom is 0.338 e. The molecule has 3 rings (SSSR count). The molecule has 2 N–H and O–H groups in total. The van der Waals surface area contributed by atoms with Crippen LogP contribution < -0.4 is 5.73 Å². The van der Waals surface area contributed by atoms with E-state index in [2.05, 4.69) is 15.5 Å². The van der Waals surface area contributed by atoms with Gasteiger partial charge >= 0.3 is 5.97 Å². The van der Waals surface area contributed by atoms with E-state index in [9.17, 15) is 4.79 Å². The van der Waals surface area contributed by atoms with Crippen LogP contribution in [0.15, 0.2) is 24.3 Å². The highest BCUT2D eigenvalue weighted by Gasteiger charge is 2.35. The number of carbonyl (C=O) groups excluding carboxylic acids is 1. The summed E-state index contributed by atoms with van der Waals surface area (Å²) in [5, 5.41) is 12.0. The van der Waals surface area contributed by atoms with Gasteiger partial charge in [0.15, 0.2) is 5.82 Å². The van der Waals surface area contributed by atoms with Crippen LogP contribution >= 0.6 is 0 Å². The molecule has 0 atom stereocenters. The Hall–Kier alpha value is -2.28. The fourth-order valence-corrected chi connectivity index (χ4v) is 3.03. The molecule has 1 saturated carbocycles. The van der Waals surface area contributed by atoms with E-state index >= 15 is 0 Å². The minimum absolute atomic E-state index is 0.335. The Labute approximate surface area is 134 Å². The van der Waals surface area contributed by atoms with Crippen molar-refractivity contribution in [2.24, 2.45) is 5.73 Å². The lowest BCUT2D eigenvalue weighted by atomic mass is 9.82. The average Bonchev–Trinajstić information content (AvgIpc) is 3.06. The standard InChI is InChI=1S/C16H21N5O2/c1-2-23-14(22)12-6-8-13(9-7-12)21-15(18-19-20-21)16(17)10-4-3-5-11-16/h6-9H,2-5,10-11,17H2,1H3. The van der Waals surface area contributed by atoms with Gasteiger partial charge in [0.2, 0.25) is 0 Å². The molecule has 0 saturated heterocycles. The average molecular weight is 315 g/mol. The van der Waals surface area contributed by atoms with Crippen molar-refractivity contribution in [3.63, 3.8) is 0 Å². The van der Waals surface area contributed by atoms with Gasteiger partial charge in [0.25, 0.3) is 0 Å². The summed E-state index contributed by atoms with van der Waals surface area (Å²) < 4.78 is 6.65. The van der Waals surface area contributed by atoms with E-state index in [1.807, 2.05) is 0 Å². The molecule has 0 bridgehead atoms. The molecular weight excluding hydrogens is 294 g/mol. The third kappa shape index (κ3) is 3.10. The van der Waals surface area contributed by atoms with Crippen molar-refractivity contribution in [1.82, 2.24) is 20.2 Å². The molecule has 2 aromatic rings. The molecular formula is C16H21N5O2. The second-order valence-electron chi connectivity index (χ2n) is 5.90. The Bertz CT molecular complexity index is 674. The zero-order valence-corrected chi connectivity index (χ0v) is 13.2. The molecule has 23 heavy (non-hydrogen) atoms. The summed E-state index contributed by atoms with van der Waals surface area (Å²) in [6.45, 7) is 2.14. The number of esters is 1. The molecule has 0 aliphatic heterocycles. The first kappa shape index (κ1) is 15.6. The Balaban J connectivity index is 1.88. The minimum atomic E-state index is -0.485. The summed E-state index contributed by atoms with van der Waals surface area (Å²) >= 11 is 0. The van der Waals surface area contributed by atoms with Gasteiger partial charge < -0.3 is 10.5 Å². The summed E-state index contributed by atoms with van der Waals surface area (Å²) in [4.78, 5) is 11.7. The number of carbonyl (C=O) groups is 1. The van der Waals surface area contributed by atoms with Crippen LogP contribution in [0.5, 0.6) is 0 Å². The highest BCUT2D eigenvalue weighted by atomic mass is 16.5. The van der Waals surface area contributed by atoms with Gasteiger partial charge in [-0.3, -0.25) is 0 Å². The lowest BCUT2D eigenvalue weighted by Crippen LogP contribution is -2.41. The fraction of sp³-hybridized carbons (Fsp3) is 0.500. The summed E-state index contributed by atoms with van der Waals surface area (Å²) in [6.07, 6.45) is 5.15. The monoisotopic (exact) mass is 315 g/mol. The first-order chi connectivity index (χ1) is 11.1. The third-order valence-corrected chi connectivity index (χ3v) is 4.28. The van der Waals surface area contributed by atoms with Crippen molar-refractivity contribution >= 4 is 5.97 Å². The maximum absolute atomic E-state index is 11.7. The summed E-state index contributed by atoms with van der Waals surface area (Å²) in [5.41, 5.74) is 7.35. The van der Waals surface area contributed by atoms with Crippen molar-refractivity contribution in [2.45, 2.75) is 44.6 Å². The van der Waals surface area contributed by atoms with Crippen molar-refractivity contribution in [3.8, 4) is 5.69 Å². The number of benzene rings is 1. The van der Waals surface area contributed by atoms with Crippen molar-refractivity contribution < 1.29 is 9.53 Å². The highest BCUT2D eigenvalue weighted by Crippen LogP contribution is 2.34. The van der Waals surface area contributed by atoms with Gasteiger partial charge in [-0.15, -0.1) is 5.10 Å². The zero-order chi connectivity index (χ0) is 16.3. The number of rotatable bonds is 4. The molecule has 1 aliphatic carbocycles. The number of nitrogens with two attached hydrogens (primary N) is 1. The van der Waals surface area contributed by atoms with Crippen LogP contribution in [0.2, 0.25) is 0 Å². The van der Waals surface area contributed by atoms with Gasteiger partial charge in [-0.05, 0) is 54.5 Å². The van der Waals surface area contributed by atoms with E-state index in [1.54, 1.807) is 35.9 Å². The van der Waals surface area contributed by atoms with E-state index in [-0.39, 0.29) is 5.97 Å². The molecule has 0 amide bonds. The van der Waals surface area contributed by atoms with Gasteiger partial charge in [0.1, 0.15) is 0 Å². The molecule has 0 unspecified atom stereocenters. The molecule has 122 valence electrons. The van der Waals surface area contributed by atoms with E-state index in [4.69, 9.17) is 10.5 Å². The van der Waals surface area contributed by atoms with Crippen LogP contribution in [0, 0.1) is 0 Å². The number of ether oxygens (including phenoxy) is 1. The first-order valence-corrected chi connectivity index (χ1v) is 7.99. The largest absolute Gasteiger partial charge is 0.462 e. The predicted molar refractivity (Wildman–Crippen MR) is 84.1 cm³/mol. The van der Waals surface area contributed by atoms with Crippen LogP contribution in [0.25, 0.3) is 5.69 Å². The first-order valence-electron chi connectivity index (χ1n) is 7.99. The van der Waals surface area contributed by atoms with Gasteiger partial charge in [0.05, 0.1) is 23.4 Å². The molecule has 1 aromatic carbocycles. The van der Waals surface area contributed by atoms with Crippen molar-refractivity contribution in [2.75, 3.05) is 6.61 Å². The second-order valence-corrected chi connectivity index (χ2v) is 5.90. The SMILES string of the molecule is CCOC(=O)c1ccc(-n2nnnc2C2(N)CCCCC2)cc1. The van der Waals surface area contributed by atoms with Crippen LogP contribution in [0.1, 0.15) is 55.2 Å². The van der Waals surface area contributed by atoms with Gasteiger partial charge in [-0.1, -0.05) is 19.3 Å². The third-order valence-electron chi connectivity index (χ3n) is 4.28. The van der Waals surface area contributed by atoms with Gasteiger partial charge in [0, 0.05) is 0 Å². The second kappa shape index (κ2) is 6.45. The van der Waals surface area contributed by atoms with Crippen LogP contribution in [0.3, 0.4) is 0 Å². The molecule has 1 fully saturated rings. The Morgan fingerprint density at radius 3 is 2.61 bits per heavy atom. The van der Waals surface area contributed by atoms with E-state index in [1.165, 1.54) is 6.42 Å². The van der Waals surface area contributed by atoms with Gasteiger partial charge in [-0.25, -0.2) is 4.79 Å². The number of nitrogens with zero attached hydrogens (tertiary/aromatic N) is 4. The smallest absolute Gasteiger partial charge is 0.338 e. The van der Waals surface area contributed by atoms with E-state index < -0.39 is 5.54 Å². The van der Waals surface area contributed by atoms with E-state index in [0.29, 0.717) is 18.0 Å². The lowest BCUT2D eigenvalue weighted by molar-refractivity contribution is 0.0526. The number of hydrogen-bond acceptors (Lipinski definition) is 6. The summed E-state index contributed by atoms with van der Waals surface area (Å²) in [5.74, 6) is 0.347. The minimum Gasteiger partial charge on any atom is -0.462 e. The molecule has 1 aliphatic rings. The van der Waals surface area contributed by atoms with Crippen molar-refractivity contribution in [3.05, 3.63) is 35.7 Å². The maximum atomic E-state index is 11.7. The number of hydrogen-bond donors (Lipinski definition) is 1. The zero-order valence-electron chi connectivity index (χ0n) is 13.2. The topological polar surface area (TPSA) is 95.9 Å². The fourth-order valence-electron chi connectivity index (χ4n) is 3.03. The Morgan fingerprint density at radius 1 is 1.26 bits per heavy atom. The Kier molecular flexibility index (Phi) is 4.38. The normalized spacial score (nSPS) is 17.0. The quantitative estimate of drug-likeness (QED) is 0.866. The van der Waals surface area contributed by atoms with Gasteiger partial charge in [-0.2, -0.15) is 4.68 Å². The molecule has 7 heteroatoms. The molecule has 0 radical (unpaired) electrons. The molecule has 7 nitrogen and oxygen atoms in total. The number of aromatic nitrogens is 4. The van der Waals surface area contributed by atoms with E-state index in [0.717, 1.165) is 31.4 Å². The number of tetrazole rings is 1. The highest BCUT2D eigenvalue weighted by molar-refractivity contribution is 5.89. The molecule has 0 spiro atoms. The molecule has 1 aromatic heterocycles. The summed E-state index contributed by atoms with van der Waals surface area (Å²) in [6, 6.07) is 7.03. The van der Waals surface area contributed by atoms with Crippen LogP contribution in [0.4, 0.5) is 0 Å². The Morgan fingerprint density at radius 2 is 1.96 bits per heavy atom. The summed E-state index contributed by atoms with van der Waals surface area (Å²) in [7, 11) is 0. The van der Waals surface area contributed by atoms with Crippen molar-refractivity contribution in [1.29, 1.82) is 0 Å². The predicted octanol–water partition coefficient (Wildman–Crippen LogP) is 1.96. The lowest BCUT2D eigenvalue weighted by Gasteiger charge is -2.31. The molecule has 1 heterocycles. The van der Waals surface area contributed by atoms with Crippen LogP contribution in [-0.4, -0.2) is 32.8 Å².